The quantitative estimate of drug-likeness (QED) is 0.129. The van der Waals surface area contributed by atoms with E-state index in [0.29, 0.717) is 24.5 Å². The number of hydrogen-bond donors (Lipinski definition) is 0. The van der Waals surface area contributed by atoms with E-state index < -0.39 is 16.7 Å². The zero-order valence-electron chi connectivity index (χ0n) is 20.3. The van der Waals surface area contributed by atoms with Gasteiger partial charge in [-0.3, -0.25) is 29.5 Å². The van der Waals surface area contributed by atoms with Crippen LogP contribution in [0.4, 0.5) is 22.7 Å². The summed E-state index contributed by atoms with van der Waals surface area (Å²) >= 11 is 18.4. The largest absolute Gasteiger partial charge is 0.378 e. The number of thiocarbonyl (C=S) groups is 1. The summed E-state index contributed by atoms with van der Waals surface area (Å²) in [4.78, 5) is 42.8. The number of rotatable bonds is 5. The maximum absolute atomic E-state index is 13.8. The molecule has 0 unspecified atom stereocenters. The minimum absolute atomic E-state index is 0.0847. The molecular weight excluding hydrogens is 563 g/mol. The number of non-ortho nitro benzene ring substituents is 1. The van der Waals surface area contributed by atoms with Gasteiger partial charge in [0.1, 0.15) is 5.57 Å². The summed E-state index contributed by atoms with van der Waals surface area (Å²) in [6.45, 7) is 2.73. The smallest absolute Gasteiger partial charge is 0.270 e. The molecule has 0 bridgehead atoms. The minimum Gasteiger partial charge on any atom is -0.378 e. The molecule has 0 spiro atoms. The molecule has 2 heterocycles. The van der Waals surface area contributed by atoms with Crippen LogP contribution in [-0.4, -0.2) is 48.2 Å². The summed E-state index contributed by atoms with van der Waals surface area (Å²) in [5.74, 6) is -1.41. The number of ether oxygens (including phenoxy) is 1. The molecule has 2 aliphatic heterocycles. The predicted molar refractivity (Wildman–Crippen MR) is 155 cm³/mol. The maximum Gasteiger partial charge on any atom is 0.270 e. The number of anilines is 3. The Morgan fingerprint density at radius 1 is 0.897 bits per heavy atom. The first-order valence-electron chi connectivity index (χ1n) is 11.8. The van der Waals surface area contributed by atoms with Crippen LogP contribution < -0.4 is 14.7 Å². The van der Waals surface area contributed by atoms with Crippen LogP contribution in [0.5, 0.6) is 0 Å². The summed E-state index contributed by atoms with van der Waals surface area (Å²) in [5, 5.41) is 11.5. The number of halogens is 2. The van der Waals surface area contributed by atoms with Gasteiger partial charge in [-0.2, -0.15) is 0 Å². The molecule has 2 amide bonds. The van der Waals surface area contributed by atoms with Crippen LogP contribution in [-0.2, 0) is 14.3 Å². The van der Waals surface area contributed by atoms with E-state index in [0.717, 1.165) is 23.7 Å². The first kappa shape index (κ1) is 26.8. The van der Waals surface area contributed by atoms with E-state index >= 15 is 0 Å². The molecule has 2 aliphatic rings. The van der Waals surface area contributed by atoms with Crippen LogP contribution in [0.25, 0.3) is 6.08 Å². The lowest BCUT2D eigenvalue weighted by Gasteiger charge is -2.37. The zero-order chi connectivity index (χ0) is 27.7. The topological polar surface area (TPSA) is 96.2 Å². The van der Waals surface area contributed by atoms with Gasteiger partial charge in [-0.15, -0.1) is 0 Å². The van der Waals surface area contributed by atoms with Crippen molar-refractivity contribution < 1.29 is 19.2 Å². The Balaban J connectivity index is 1.60. The molecule has 0 N–H and O–H groups in total. The van der Waals surface area contributed by atoms with Crippen molar-refractivity contribution in [3.8, 4) is 0 Å². The molecule has 3 aromatic rings. The molecule has 0 atom stereocenters. The molecule has 0 aromatic heterocycles. The van der Waals surface area contributed by atoms with Crippen molar-refractivity contribution in [3.05, 3.63) is 98.0 Å². The number of carbonyl (C=O) groups excluding carboxylic acids is 2. The fourth-order valence-corrected chi connectivity index (χ4v) is 5.11. The zero-order valence-corrected chi connectivity index (χ0v) is 22.6. The molecule has 0 radical (unpaired) electrons. The number of carbonyl (C=O) groups is 2. The summed E-state index contributed by atoms with van der Waals surface area (Å²) in [7, 11) is 0. The molecule has 39 heavy (non-hydrogen) atoms. The fourth-order valence-electron chi connectivity index (χ4n) is 4.36. The standard InChI is InChI=1S/C27H20Cl2N4O5S/c28-22-5-2-6-23(24(22)29)32-26(35)21(16-17-3-1-4-20(15-17)33(36)37)25(34)31(27(32)39)19-9-7-18(8-10-19)30-11-13-38-14-12-30/h1-10,15-16H,11-14H2/b21-16+. The average molecular weight is 583 g/mol. The highest BCUT2D eigenvalue weighted by Gasteiger charge is 2.42. The molecule has 198 valence electrons. The van der Waals surface area contributed by atoms with Gasteiger partial charge in [0.15, 0.2) is 5.11 Å². The third kappa shape index (κ3) is 5.24. The van der Waals surface area contributed by atoms with Crippen molar-refractivity contribution in [3.63, 3.8) is 0 Å². The second-order valence-corrected chi connectivity index (χ2v) is 9.81. The van der Waals surface area contributed by atoms with Gasteiger partial charge < -0.3 is 9.64 Å². The van der Waals surface area contributed by atoms with Gasteiger partial charge in [-0.1, -0.05) is 41.4 Å². The second kappa shape index (κ2) is 11.1. The Morgan fingerprint density at radius 3 is 2.23 bits per heavy atom. The van der Waals surface area contributed by atoms with E-state index in [1.165, 1.54) is 29.2 Å². The predicted octanol–water partition coefficient (Wildman–Crippen LogP) is 5.49. The maximum atomic E-state index is 13.8. The summed E-state index contributed by atoms with van der Waals surface area (Å²) in [5.41, 5.74) is 1.46. The van der Waals surface area contributed by atoms with Gasteiger partial charge >= 0.3 is 0 Å². The van der Waals surface area contributed by atoms with E-state index in [1.54, 1.807) is 36.4 Å². The number of benzene rings is 3. The van der Waals surface area contributed by atoms with E-state index in [1.807, 2.05) is 12.1 Å². The second-order valence-electron chi connectivity index (χ2n) is 8.66. The number of hydrogen-bond acceptors (Lipinski definition) is 7. The highest BCUT2D eigenvalue weighted by Crippen LogP contribution is 2.37. The van der Waals surface area contributed by atoms with E-state index in [4.69, 9.17) is 40.2 Å². The van der Waals surface area contributed by atoms with Crippen molar-refractivity contribution >= 4 is 81.2 Å². The van der Waals surface area contributed by atoms with E-state index in [-0.39, 0.29) is 32.1 Å². The minimum atomic E-state index is -0.734. The van der Waals surface area contributed by atoms with Crippen LogP contribution in [0.1, 0.15) is 5.56 Å². The molecule has 2 saturated heterocycles. The van der Waals surface area contributed by atoms with Gasteiger partial charge in [0.25, 0.3) is 17.5 Å². The lowest BCUT2D eigenvalue weighted by Crippen LogP contribution is -2.57. The van der Waals surface area contributed by atoms with Crippen LogP contribution >= 0.6 is 35.4 Å². The molecule has 0 aliphatic carbocycles. The first-order valence-corrected chi connectivity index (χ1v) is 13.0. The molecule has 12 heteroatoms. The van der Waals surface area contributed by atoms with Crippen molar-refractivity contribution in [2.45, 2.75) is 0 Å². The number of nitrogens with zero attached hydrogens (tertiary/aromatic N) is 4. The van der Waals surface area contributed by atoms with Gasteiger partial charge in [0.05, 0.1) is 39.6 Å². The Hall–Kier alpha value is -3.83. The third-order valence-electron chi connectivity index (χ3n) is 6.30. The Bertz CT molecular complexity index is 1520. The van der Waals surface area contributed by atoms with Crippen molar-refractivity contribution in [1.82, 2.24) is 0 Å². The summed E-state index contributed by atoms with van der Waals surface area (Å²) in [6, 6.07) is 17.6. The highest BCUT2D eigenvalue weighted by molar-refractivity contribution is 7.81. The Labute approximate surface area is 238 Å². The number of morpholine rings is 1. The van der Waals surface area contributed by atoms with Crippen LogP contribution in [0.2, 0.25) is 10.0 Å². The molecule has 0 saturated carbocycles. The van der Waals surface area contributed by atoms with Crippen molar-refractivity contribution in [2.75, 3.05) is 41.0 Å². The summed E-state index contributed by atoms with van der Waals surface area (Å²) < 4.78 is 5.42. The summed E-state index contributed by atoms with van der Waals surface area (Å²) in [6.07, 6.45) is 1.31. The molecule has 9 nitrogen and oxygen atoms in total. The molecule has 5 rings (SSSR count). The highest BCUT2D eigenvalue weighted by atomic mass is 35.5. The Morgan fingerprint density at radius 2 is 1.54 bits per heavy atom. The first-order chi connectivity index (χ1) is 18.8. The van der Waals surface area contributed by atoms with Crippen LogP contribution in [0.15, 0.2) is 72.3 Å². The molecule has 2 fully saturated rings. The van der Waals surface area contributed by atoms with Gasteiger partial charge in [-0.05, 0) is 60.3 Å². The third-order valence-corrected chi connectivity index (χ3v) is 7.47. The van der Waals surface area contributed by atoms with Crippen molar-refractivity contribution in [1.29, 1.82) is 0 Å². The molecule has 3 aromatic carbocycles. The normalized spacial score (nSPS) is 17.2. The van der Waals surface area contributed by atoms with E-state index in [2.05, 4.69) is 4.90 Å². The fraction of sp³-hybridized carbons (Fsp3) is 0.148. The van der Waals surface area contributed by atoms with E-state index in [9.17, 15) is 19.7 Å². The number of nitro benzene ring substituents is 1. The van der Waals surface area contributed by atoms with Gasteiger partial charge in [0, 0.05) is 30.9 Å². The monoisotopic (exact) mass is 582 g/mol. The molecular formula is C27H20Cl2N4O5S. The lowest BCUT2D eigenvalue weighted by molar-refractivity contribution is -0.384. The van der Waals surface area contributed by atoms with Crippen LogP contribution in [0, 0.1) is 10.1 Å². The number of nitro groups is 1. The Kier molecular flexibility index (Phi) is 7.62. The van der Waals surface area contributed by atoms with Crippen molar-refractivity contribution in [2.24, 2.45) is 0 Å². The SMILES string of the molecule is O=C1/C(=C\c2cccc([N+](=O)[O-])c2)C(=O)N(c2cccc(Cl)c2Cl)C(=S)N1c1ccc(N2CCOCC2)cc1. The van der Waals surface area contributed by atoms with Crippen LogP contribution in [0.3, 0.4) is 0 Å². The average Bonchev–Trinajstić information content (AvgIpc) is 2.94. The number of amides is 2. The lowest BCUT2D eigenvalue weighted by atomic mass is 10.0. The van der Waals surface area contributed by atoms with Gasteiger partial charge in [-0.25, -0.2) is 0 Å². The van der Waals surface area contributed by atoms with Gasteiger partial charge in [0.2, 0.25) is 0 Å².